The first-order valence-electron chi connectivity index (χ1n) is 8.10. The maximum atomic E-state index is 12.7. The summed E-state index contributed by atoms with van der Waals surface area (Å²) >= 11 is 0. The Hall–Kier alpha value is -2.36. The fourth-order valence-corrected chi connectivity index (χ4v) is 3.45. The minimum Gasteiger partial charge on any atom is -0.338 e. The second-order valence-corrected chi connectivity index (χ2v) is 6.36. The number of hydrogen-bond acceptors (Lipinski definition) is 2. The molecule has 23 heavy (non-hydrogen) atoms. The van der Waals surface area contributed by atoms with E-state index in [1.807, 2.05) is 11.0 Å². The van der Waals surface area contributed by atoms with Crippen molar-refractivity contribution in [3.8, 4) is 0 Å². The van der Waals surface area contributed by atoms with Crippen molar-refractivity contribution in [3.05, 3.63) is 69.1 Å². The monoisotopic (exact) mass is 310 g/mol. The summed E-state index contributed by atoms with van der Waals surface area (Å²) in [5, 5.41) is 0. The number of piperidine rings is 1. The number of H-pyrrole nitrogens is 1. The molecule has 1 saturated heterocycles. The number of nitrogens with one attached hydrogen (secondary N) is 1. The van der Waals surface area contributed by atoms with Crippen LogP contribution in [-0.4, -0.2) is 28.9 Å². The van der Waals surface area contributed by atoms with Gasteiger partial charge in [0.1, 0.15) is 0 Å². The van der Waals surface area contributed by atoms with Crippen molar-refractivity contribution in [2.45, 2.75) is 32.6 Å². The lowest BCUT2D eigenvalue weighted by Gasteiger charge is -2.33. The van der Waals surface area contributed by atoms with Crippen LogP contribution in [0.15, 0.2) is 41.2 Å². The van der Waals surface area contributed by atoms with Crippen LogP contribution >= 0.6 is 0 Å². The number of hydrogen-bond donors (Lipinski definition) is 1. The number of benzene rings is 1. The number of amides is 1. The first-order valence-corrected chi connectivity index (χ1v) is 8.10. The summed E-state index contributed by atoms with van der Waals surface area (Å²) in [7, 11) is 0. The Labute approximate surface area is 136 Å². The Morgan fingerprint density at radius 2 is 2.00 bits per heavy atom. The number of pyridine rings is 1. The third kappa shape index (κ3) is 3.36. The molecule has 1 amide bonds. The van der Waals surface area contributed by atoms with Crippen molar-refractivity contribution >= 4 is 5.91 Å². The summed E-state index contributed by atoms with van der Waals surface area (Å²) in [5.41, 5.74) is 3.58. The van der Waals surface area contributed by atoms with Gasteiger partial charge >= 0.3 is 0 Å². The van der Waals surface area contributed by atoms with Crippen molar-refractivity contribution in [2.75, 3.05) is 13.1 Å². The molecule has 0 aliphatic carbocycles. The highest BCUT2D eigenvalue weighted by atomic mass is 16.2. The SMILES string of the molecule is Cc1cc(C(=O)N2CCC[C@@H](c3ccccc3C)C2)cc(=O)[nH]1. The summed E-state index contributed by atoms with van der Waals surface area (Å²) in [6, 6.07) is 11.5. The standard InChI is InChI=1S/C19H22N2O2/c1-13-6-3-4-8-17(13)15-7-5-9-21(12-15)19(23)16-10-14(2)20-18(22)11-16/h3-4,6,8,10-11,15H,5,7,9,12H2,1-2H3,(H,20,22)/t15-/m1/s1. The van der Waals surface area contributed by atoms with Crippen molar-refractivity contribution in [1.82, 2.24) is 9.88 Å². The quantitative estimate of drug-likeness (QED) is 0.927. The largest absolute Gasteiger partial charge is 0.338 e. The summed E-state index contributed by atoms with van der Waals surface area (Å²) in [6.07, 6.45) is 2.09. The molecule has 2 heterocycles. The van der Waals surface area contributed by atoms with E-state index in [0.717, 1.165) is 25.9 Å². The Morgan fingerprint density at radius 3 is 2.74 bits per heavy atom. The zero-order chi connectivity index (χ0) is 16.4. The molecule has 0 saturated carbocycles. The van der Waals surface area contributed by atoms with Crippen molar-refractivity contribution in [2.24, 2.45) is 0 Å². The minimum absolute atomic E-state index is 0.0440. The number of rotatable bonds is 2. The van der Waals surface area contributed by atoms with Gasteiger partial charge in [-0.25, -0.2) is 0 Å². The summed E-state index contributed by atoms with van der Waals surface area (Å²) in [5.74, 6) is 0.328. The molecule has 1 aromatic carbocycles. The second kappa shape index (κ2) is 6.41. The highest BCUT2D eigenvalue weighted by Crippen LogP contribution is 2.29. The zero-order valence-electron chi connectivity index (χ0n) is 13.6. The highest BCUT2D eigenvalue weighted by molar-refractivity contribution is 5.94. The van der Waals surface area contributed by atoms with E-state index >= 15 is 0 Å². The van der Waals surface area contributed by atoms with Gasteiger partial charge in [0, 0.05) is 36.3 Å². The fraction of sp³-hybridized carbons (Fsp3) is 0.368. The topological polar surface area (TPSA) is 53.2 Å². The van der Waals surface area contributed by atoms with Crippen molar-refractivity contribution in [3.63, 3.8) is 0 Å². The molecule has 2 aromatic rings. The Balaban J connectivity index is 1.82. The molecule has 1 atom stereocenters. The van der Waals surface area contributed by atoms with Crippen LogP contribution in [0.25, 0.3) is 0 Å². The molecule has 4 heteroatoms. The van der Waals surface area contributed by atoms with Gasteiger partial charge in [0.2, 0.25) is 5.56 Å². The summed E-state index contributed by atoms with van der Waals surface area (Å²) in [6.45, 7) is 5.39. The van der Waals surface area contributed by atoms with Gasteiger partial charge in [-0.05, 0) is 43.9 Å². The number of carbonyl (C=O) groups is 1. The number of nitrogens with zero attached hydrogens (tertiary/aromatic N) is 1. The van der Waals surface area contributed by atoms with E-state index < -0.39 is 0 Å². The van der Waals surface area contributed by atoms with Crippen molar-refractivity contribution < 1.29 is 4.79 Å². The lowest BCUT2D eigenvalue weighted by Crippen LogP contribution is -2.39. The fourth-order valence-electron chi connectivity index (χ4n) is 3.45. The van der Waals surface area contributed by atoms with Crippen molar-refractivity contribution in [1.29, 1.82) is 0 Å². The molecule has 0 spiro atoms. The van der Waals surface area contributed by atoms with Crippen LogP contribution in [0.3, 0.4) is 0 Å². The van der Waals surface area contributed by atoms with Gasteiger partial charge in [0.15, 0.2) is 0 Å². The minimum atomic E-state index is -0.221. The molecule has 0 radical (unpaired) electrons. The third-order valence-electron chi connectivity index (χ3n) is 4.56. The van der Waals surface area contributed by atoms with Crippen LogP contribution in [-0.2, 0) is 0 Å². The van der Waals surface area contributed by atoms with Gasteiger partial charge in [-0.2, -0.15) is 0 Å². The van der Waals surface area contributed by atoms with Gasteiger partial charge in [-0.1, -0.05) is 24.3 Å². The van der Waals surface area contributed by atoms with E-state index in [2.05, 4.69) is 30.1 Å². The molecule has 1 aromatic heterocycles. The number of aromatic nitrogens is 1. The van der Waals surface area contributed by atoms with E-state index in [4.69, 9.17) is 0 Å². The van der Waals surface area contributed by atoms with Gasteiger partial charge < -0.3 is 9.88 Å². The molecule has 3 rings (SSSR count). The summed E-state index contributed by atoms with van der Waals surface area (Å²) < 4.78 is 0. The number of carbonyl (C=O) groups excluding carboxylic acids is 1. The van der Waals surface area contributed by atoms with Crippen LogP contribution in [0, 0.1) is 13.8 Å². The number of likely N-dealkylation sites (tertiary alicyclic amines) is 1. The molecule has 1 aliphatic heterocycles. The normalized spacial score (nSPS) is 18.0. The summed E-state index contributed by atoms with van der Waals surface area (Å²) in [4.78, 5) is 28.9. The van der Waals surface area contributed by atoms with Gasteiger partial charge in [0.05, 0.1) is 0 Å². The smallest absolute Gasteiger partial charge is 0.254 e. The lowest BCUT2D eigenvalue weighted by atomic mass is 9.88. The van der Waals surface area contributed by atoms with E-state index in [1.165, 1.54) is 17.2 Å². The molecule has 0 bridgehead atoms. The second-order valence-electron chi connectivity index (χ2n) is 6.36. The maximum Gasteiger partial charge on any atom is 0.254 e. The Kier molecular flexibility index (Phi) is 4.33. The molecule has 1 fully saturated rings. The van der Waals surface area contributed by atoms with Crippen LogP contribution < -0.4 is 5.56 Å². The van der Waals surface area contributed by atoms with Gasteiger partial charge in [-0.3, -0.25) is 9.59 Å². The van der Waals surface area contributed by atoms with Crippen LogP contribution in [0.1, 0.15) is 45.9 Å². The van der Waals surface area contributed by atoms with E-state index in [1.54, 1.807) is 13.0 Å². The molecule has 4 nitrogen and oxygen atoms in total. The average molecular weight is 310 g/mol. The third-order valence-corrected chi connectivity index (χ3v) is 4.56. The zero-order valence-corrected chi connectivity index (χ0v) is 13.6. The first-order chi connectivity index (χ1) is 11.0. The molecule has 1 N–H and O–H groups in total. The van der Waals surface area contributed by atoms with Crippen LogP contribution in [0.4, 0.5) is 0 Å². The molecular formula is C19H22N2O2. The maximum absolute atomic E-state index is 12.7. The predicted octanol–water partition coefficient (Wildman–Crippen LogP) is 3.01. The molecule has 0 unspecified atom stereocenters. The predicted molar refractivity (Wildman–Crippen MR) is 90.9 cm³/mol. The van der Waals surface area contributed by atoms with Gasteiger partial charge in [-0.15, -0.1) is 0 Å². The number of aryl methyl sites for hydroxylation is 2. The van der Waals surface area contributed by atoms with E-state index in [0.29, 0.717) is 17.2 Å². The van der Waals surface area contributed by atoms with Crippen LogP contribution in [0.2, 0.25) is 0 Å². The Morgan fingerprint density at radius 1 is 1.22 bits per heavy atom. The molecule has 1 aliphatic rings. The van der Waals surface area contributed by atoms with Gasteiger partial charge in [0.25, 0.3) is 5.91 Å². The first kappa shape index (κ1) is 15.5. The average Bonchev–Trinajstić information content (AvgIpc) is 2.54. The molecular weight excluding hydrogens is 288 g/mol. The van der Waals surface area contributed by atoms with Crippen LogP contribution in [0.5, 0.6) is 0 Å². The highest BCUT2D eigenvalue weighted by Gasteiger charge is 2.26. The molecule has 120 valence electrons. The van der Waals surface area contributed by atoms with E-state index in [-0.39, 0.29) is 11.5 Å². The lowest BCUT2D eigenvalue weighted by molar-refractivity contribution is 0.0706. The van der Waals surface area contributed by atoms with E-state index in [9.17, 15) is 9.59 Å². The number of aromatic amines is 1. The Bertz CT molecular complexity index is 779.